The Bertz CT molecular complexity index is 1120. The SMILES string of the molecule is O=C(c1nn2c(C(F)(F)F)cc(C3CC3)cc2c1Cl)N1CCC(N2C(=O)COC2=O)CC1. The first-order valence-electron chi connectivity index (χ1n) is 10.2. The quantitative estimate of drug-likeness (QED) is 0.686. The fraction of sp³-hybridized carbons (Fsp3) is 0.500. The van der Waals surface area contributed by atoms with Gasteiger partial charge in [0.25, 0.3) is 11.8 Å². The van der Waals surface area contributed by atoms with E-state index in [1.807, 2.05) is 0 Å². The molecule has 3 amide bonds. The highest BCUT2D eigenvalue weighted by molar-refractivity contribution is 6.36. The van der Waals surface area contributed by atoms with E-state index in [0.717, 1.165) is 23.8 Å². The number of aromatic nitrogens is 2. The molecule has 0 unspecified atom stereocenters. The topological polar surface area (TPSA) is 84.2 Å². The average Bonchev–Trinajstić information content (AvgIpc) is 3.48. The molecule has 32 heavy (non-hydrogen) atoms. The molecule has 12 heteroatoms. The van der Waals surface area contributed by atoms with Gasteiger partial charge >= 0.3 is 12.3 Å². The summed E-state index contributed by atoms with van der Waals surface area (Å²) in [6.45, 7) is 0.105. The van der Waals surface area contributed by atoms with Gasteiger partial charge in [0.05, 0.1) is 10.5 Å². The number of imide groups is 1. The lowest BCUT2D eigenvalue weighted by molar-refractivity contribution is -0.142. The summed E-state index contributed by atoms with van der Waals surface area (Å²) < 4.78 is 46.4. The third kappa shape index (κ3) is 3.48. The summed E-state index contributed by atoms with van der Waals surface area (Å²) in [4.78, 5) is 39.1. The van der Waals surface area contributed by atoms with Gasteiger partial charge in [-0.25, -0.2) is 14.2 Å². The van der Waals surface area contributed by atoms with Crippen molar-refractivity contribution in [2.45, 2.75) is 43.8 Å². The molecule has 2 aromatic rings. The minimum absolute atomic E-state index is 0.0482. The van der Waals surface area contributed by atoms with E-state index in [4.69, 9.17) is 16.3 Å². The first-order valence-corrected chi connectivity index (χ1v) is 10.6. The zero-order valence-electron chi connectivity index (χ0n) is 16.7. The number of halogens is 4. The molecule has 0 atom stereocenters. The zero-order chi connectivity index (χ0) is 22.8. The lowest BCUT2D eigenvalue weighted by Gasteiger charge is -2.34. The standard InChI is InChI=1S/C20H18ClF3N4O4/c21-16-13-7-11(10-1-2-10)8-14(20(22,23)24)28(13)25-17(16)18(30)26-5-3-12(4-6-26)27-15(29)9-32-19(27)31/h7-8,10,12H,1-6,9H2. The number of hydrogen-bond acceptors (Lipinski definition) is 5. The van der Waals surface area contributed by atoms with Crippen LogP contribution in [0.4, 0.5) is 18.0 Å². The summed E-state index contributed by atoms with van der Waals surface area (Å²) in [5.41, 5.74) is -0.636. The Labute approximate surface area is 184 Å². The van der Waals surface area contributed by atoms with Gasteiger partial charge in [-0.15, -0.1) is 0 Å². The number of carbonyl (C=O) groups excluding carboxylic acids is 3. The Morgan fingerprint density at radius 2 is 1.81 bits per heavy atom. The smallest absolute Gasteiger partial charge is 0.433 e. The summed E-state index contributed by atoms with van der Waals surface area (Å²) in [5, 5.41) is 3.81. The van der Waals surface area contributed by atoms with Gasteiger partial charge in [0, 0.05) is 19.1 Å². The van der Waals surface area contributed by atoms with Crippen LogP contribution in [-0.2, 0) is 15.7 Å². The van der Waals surface area contributed by atoms with Crippen molar-refractivity contribution in [3.63, 3.8) is 0 Å². The van der Waals surface area contributed by atoms with Gasteiger partial charge in [-0.1, -0.05) is 11.6 Å². The lowest BCUT2D eigenvalue weighted by Crippen LogP contribution is -2.48. The molecule has 3 aliphatic rings. The van der Waals surface area contributed by atoms with Crippen molar-refractivity contribution in [3.05, 3.63) is 34.1 Å². The first-order chi connectivity index (χ1) is 15.1. The van der Waals surface area contributed by atoms with Crippen molar-refractivity contribution in [3.8, 4) is 0 Å². The number of amides is 3. The molecule has 0 bridgehead atoms. The van der Waals surface area contributed by atoms with Crippen LogP contribution in [0.1, 0.15) is 53.3 Å². The van der Waals surface area contributed by atoms with Crippen molar-refractivity contribution >= 4 is 35.0 Å². The van der Waals surface area contributed by atoms with Gasteiger partial charge in [0.2, 0.25) is 0 Å². The molecule has 4 heterocycles. The van der Waals surface area contributed by atoms with Crippen LogP contribution < -0.4 is 0 Å². The van der Waals surface area contributed by atoms with Crippen LogP contribution in [0, 0.1) is 0 Å². The molecule has 2 saturated heterocycles. The maximum atomic E-state index is 13.7. The van der Waals surface area contributed by atoms with Crippen LogP contribution >= 0.6 is 11.6 Å². The number of cyclic esters (lactones) is 1. The number of alkyl halides is 3. The number of hydrogen-bond donors (Lipinski definition) is 0. The van der Waals surface area contributed by atoms with Crippen LogP contribution in [0.25, 0.3) is 5.52 Å². The summed E-state index contributed by atoms with van der Waals surface area (Å²) in [7, 11) is 0. The predicted molar refractivity (Wildman–Crippen MR) is 104 cm³/mol. The minimum atomic E-state index is -4.66. The largest absolute Gasteiger partial charge is 0.439 e. The minimum Gasteiger partial charge on any atom is -0.439 e. The highest BCUT2D eigenvalue weighted by atomic mass is 35.5. The third-order valence-electron chi connectivity index (χ3n) is 6.14. The Balaban J connectivity index is 1.41. The molecule has 5 rings (SSSR count). The molecular formula is C20H18ClF3N4O4. The molecule has 0 aromatic carbocycles. The van der Waals surface area contributed by atoms with Gasteiger partial charge in [0.15, 0.2) is 12.3 Å². The summed E-state index contributed by atoms with van der Waals surface area (Å²) >= 11 is 6.35. The number of fused-ring (bicyclic) bond motifs is 1. The van der Waals surface area contributed by atoms with Crippen LogP contribution in [0.2, 0.25) is 5.02 Å². The first kappa shape index (κ1) is 21.0. The van der Waals surface area contributed by atoms with Crippen molar-refractivity contribution in [2.24, 2.45) is 0 Å². The molecule has 8 nitrogen and oxygen atoms in total. The number of ether oxygens (including phenoxy) is 1. The number of likely N-dealkylation sites (tertiary alicyclic amines) is 1. The number of rotatable bonds is 3. The molecule has 3 fully saturated rings. The molecule has 0 N–H and O–H groups in total. The molecular weight excluding hydrogens is 453 g/mol. The highest BCUT2D eigenvalue weighted by Crippen LogP contribution is 2.43. The van der Waals surface area contributed by atoms with E-state index in [-0.39, 0.29) is 41.8 Å². The molecule has 2 aliphatic heterocycles. The van der Waals surface area contributed by atoms with E-state index in [1.165, 1.54) is 4.90 Å². The van der Waals surface area contributed by atoms with Crippen LogP contribution in [0.5, 0.6) is 0 Å². The molecule has 0 spiro atoms. The third-order valence-corrected chi connectivity index (χ3v) is 6.51. The van der Waals surface area contributed by atoms with E-state index < -0.39 is 35.8 Å². The van der Waals surface area contributed by atoms with Gasteiger partial charge in [-0.2, -0.15) is 18.3 Å². The van der Waals surface area contributed by atoms with E-state index in [1.54, 1.807) is 6.07 Å². The Morgan fingerprint density at radius 1 is 1.12 bits per heavy atom. The van der Waals surface area contributed by atoms with Crippen molar-refractivity contribution in [2.75, 3.05) is 19.7 Å². The van der Waals surface area contributed by atoms with Gasteiger partial charge < -0.3 is 9.64 Å². The predicted octanol–water partition coefficient (Wildman–Crippen LogP) is 3.47. The number of piperidine rings is 1. The zero-order valence-corrected chi connectivity index (χ0v) is 17.4. The molecule has 2 aromatic heterocycles. The maximum absolute atomic E-state index is 13.7. The van der Waals surface area contributed by atoms with Crippen molar-refractivity contribution in [1.82, 2.24) is 19.4 Å². The Hall–Kier alpha value is -2.82. The maximum Gasteiger partial charge on any atom is 0.433 e. The van der Waals surface area contributed by atoms with E-state index >= 15 is 0 Å². The van der Waals surface area contributed by atoms with Gasteiger partial charge in [0.1, 0.15) is 5.69 Å². The highest BCUT2D eigenvalue weighted by Gasteiger charge is 2.41. The average molecular weight is 471 g/mol. The van der Waals surface area contributed by atoms with Crippen LogP contribution in [-0.4, -0.2) is 63.1 Å². The van der Waals surface area contributed by atoms with E-state index in [2.05, 4.69) is 5.10 Å². The number of nitrogens with zero attached hydrogens (tertiary/aromatic N) is 4. The van der Waals surface area contributed by atoms with Crippen molar-refractivity contribution < 1.29 is 32.3 Å². The lowest BCUT2D eigenvalue weighted by atomic mass is 10.0. The van der Waals surface area contributed by atoms with Crippen LogP contribution in [0.3, 0.4) is 0 Å². The van der Waals surface area contributed by atoms with Gasteiger partial charge in [-0.05, 0) is 49.3 Å². The van der Waals surface area contributed by atoms with E-state index in [9.17, 15) is 27.6 Å². The molecule has 170 valence electrons. The van der Waals surface area contributed by atoms with Gasteiger partial charge in [-0.3, -0.25) is 9.59 Å². The molecule has 1 saturated carbocycles. The van der Waals surface area contributed by atoms with Crippen molar-refractivity contribution in [1.29, 1.82) is 0 Å². The Morgan fingerprint density at radius 3 is 2.38 bits per heavy atom. The second kappa shape index (κ2) is 7.36. The fourth-order valence-corrected chi connectivity index (χ4v) is 4.58. The number of carbonyl (C=O) groups is 3. The summed E-state index contributed by atoms with van der Waals surface area (Å²) in [6.07, 6.45) is -3.07. The van der Waals surface area contributed by atoms with Crippen LogP contribution in [0.15, 0.2) is 12.1 Å². The summed E-state index contributed by atoms with van der Waals surface area (Å²) in [6, 6.07) is 2.24. The summed E-state index contributed by atoms with van der Waals surface area (Å²) in [5.74, 6) is -0.951. The second-order valence-electron chi connectivity index (χ2n) is 8.25. The molecule has 1 aliphatic carbocycles. The fourth-order valence-electron chi connectivity index (χ4n) is 4.32. The Kier molecular flexibility index (Phi) is 4.84. The monoisotopic (exact) mass is 470 g/mol. The molecule has 0 radical (unpaired) electrons. The van der Waals surface area contributed by atoms with E-state index in [0.29, 0.717) is 22.9 Å². The normalized spacial score (nSPS) is 20.4. The second-order valence-corrected chi connectivity index (χ2v) is 8.63. The number of pyridine rings is 1.